The van der Waals surface area contributed by atoms with Crippen LogP contribution in [0.4, 0.5) is 13.2 Å². The van der Waals surface area contributed by atoms with Gasteiger partial charge >= 0.3 is 12.1 Å². The zero-order chi connectivity index (χ0) is 33.3. The fraction of sp³-hybridized carbons (Fsp3) is 0.485. The summed E-state index contributed by atoms with van der Waals surface area (Å²) in [7, 11) is 1.98. The van der Waals surface area contributed by atoms with Gasteiger partial charge in [0, 0.05) is 23.6 Å². The average molecular weight is 651 g/mol. The summed E-state index contributed by atoms with van der Waals surface area (Å²) < 4.78 is 43.6. The van der Waals surface area contributed by atoms with Crippen molar-refractivity contribution in [2.24, 2.45) is 0 Å². The lowest BCUT2D eigenvalue weighted by Crippen LogP contribution is -2.71. The number of hydrogen-bond donors (Lipinski definition) is 4. The zero-order valence-corrected chi connectivity index (χ0v) is 25.3. The number of carbonyl (C=O) groups is 3. The Morgan fingerprint density at radius 3 is 2.43 bits per heavy atom. The molecule has 0 saturated carbocycles. The highest BCUT2D eigenvalue weighted by molar-refractivity contribution is 5.87. The van der Waals surface area contributed by atoms with E-state index in [-0.39, 0.29) is 32.3 Å². The van der Waals surface area contributed by atoms with Gasteiger partial charge in [-0.15, -0.1) is 0 Å². The van der Waals surface area contributed by atoms with E-state index in [1.54, 1.807) is 36.4 Å². The summed E-state index contributed by atoms with van der Waals surface area (Å²) in [5.41, 5.74) is 0.678. The van der Waals surface area contributed by atoms with Gasteiger partial charge in [-0.25, -0.2) is 4.79 Å². The number of nitrogens with one attached hydrogen (secondary N) is 1. The maximum Gasteiger partial charge on any atom is 0.446 e. The van der Waals surface area contributed by atoms with Gasteiger partial charge in [0.05, 0.1) is 17.6 Å². The van der Waals surface area contributed by atoms with Crippen LogP contribution < -0.4 is 10.1 Å². The van der Waals surface area contributed by atoms with Crippen molar-refractivity contribution in [3.8, 4) is 5.75 Å². The van der Waals surface area contributed by atoms with E-state index in [0.29, 0.717) is 29.8 Å². The Balaban J connectivity index is 0.000000752. The molecule has 2 heterocycles. The maximum atomic E-state index is 13.2. The van der Waals surface area contributed by atoms with Gasteiger partial charge in [0.15, 0.2) is 12.2 Å². The van der Waals surface area contributed by atoms with Crippen molar-refractivity contribution in [1.29, 1.82) is 0 Å². The van der Waals surface area contributed by atoms with Crippen molar-refractivity contribution < 1.29 is 52.3 Å². The van der Waals surface area contributed by atoms with E-state index in [9.17, 15) is 38.1 Å². The molecule has 1 amide bonds. The maximum absolute atomic E-state index is 13.2. The summed E-state index contributed by atoms with van der Waals surface area (Å²) in [6.07, 6.45) is -5.44. The van der Waals surface area contributed by atoms with E-state index < -0.39 is 53.6 Å². The van der Waals surface area contributed by atoms with Crippen molar-refractivity contribution in [1.82, 2.24) is 10.2 Å². The largest absolute Gasteiger partial charge is 0.481 e. The number of aryl methyl sites for hydroxylation is 1. The molecular weight excluding hydrogens is 609 g/mol. The molecule has 5 rings (SSSR count). The molecule has 6 atom stereocenters. The Hall–Kier alpha value is -3.78. The number of carbonyl (C=O) groups excluding carboxylic acids is 3. The Labute approximate surface area is 265 Å². The molecule has 4 N–H and O–H groups in total. The molecule has 1 spiro atoms. The van der Waals surface area contributed by atoms with E-state index in [2.05, 4.69) is 10.2 Å². The van der Waals surface area contributed by atoms with Crippen molar-refractivity contribution in [3.63, 3.8) is 0 Å². The average Bonchev–Trinajstić information content (AvgIpc) is 3.38. The van der Waals surface area contributed by atoms with Gasteiger partial charge < -0.3 is 35.0 Å². The number of aliphatic hydroxyl groups is 3. The molecule has 46 heavy (non-hydrogen) atoms. The smallest absolute Gasteiger partial charge is 0.446 e. The Kier molecular flexibility index (Phi) is 11.1. The van der Waals surface area contributed by atoms with Crippen LogP contribution in [-0.2, 0) is 31.1 Å². The number of halogens is 3. The lowest BCUT2D eigenvalue weighted by Gasteiger charge is -2.58. The molecule has 0 radical (unpaired) electrons. The number of alkyl halides is 3. The minimum absolute atomic E-state index is 0. The van der Waals surface area contributed by atoms with Crippen LogP contribution in [0.25, 0.3) is 0 Å². The molecule has 252 valence electrons. The zero-order valence-electron chi connectivity index (χ0n) is 25.3. The minimum Gasteiger partial charge on any atom is -0.481 e. The number of ether oxygens (including phenoxy) is 2. The summed E-state index contributed by atoms with van der Waals surface area (Å²) in [5.74, 6) is -0.638. The van der Waals surface area contributed by atoms with Crippen LogP contribution in [0.3, 0.4) is 0 Å². The van der Waals surface area contributed by atoms with Gasteiger partial charge in [-0.3, -0.25) is 9.59 Å². The lowest BCUT2D eigenvalue weighted by molar-refractivity contribution is -0.163. The number of rotatable bonds is 6. The third-order valence-corrected chi connectivity index (χ3v) is 9.03. The standard InChI is InChI=1S/C30H36N2O7.C2HF3O.CH4/c1-17-10-11-21(16-33)25-23(17)29-14-15-32(4)19(3)30(29,37)13-12-22(26(29)39-25)38-28(36)18(2)31-27(35)24(34)20-8-6-5-7-9-20;3-2(4,5)1-6;/h5-12,18-19,24,26,33-34,37H,13-16H2,1-4H3,(H,31,35);1H;1H4/t18-,19+,24-,26-,29-,30+;;/m0../s1. The number of likely N-dealkylation sites (tertiary alicyclic amines) is 1. The van der Waals surface area contributed by atoms with Crippen LogP contribution >= 0.6 is 0 Å². The number of nitrogens with zero attached hydrogens (tertiary/aromatic N) is 1. The predicted molar refractivity (Wildman–Crippen MR) is 162 cm³/mol. The minimum atomic E-state index is -4.64. The van der Waals surface area contributed by atoms with Crippen LogP contribution in [0.1, 0.15) is 62.5 Å². The van der Waals surface area contributed by atoms with Crippen LogP contribution in [0, 0.1) is 6.92 Å². The normalized spacial score (nSPS) is 26.2. The monoisotopic (exact) mass is 650 g/mol. The van der Waals surface area contributed by atoms with Crippen LogP contribution in [0.2, 0.25) is 0 Å². The third kappa shape index (κ3) is 6.55. The van der Waals surface area contributed by atoms with Gasteiger partial charge in [0.2, 0.25) is 6.29 Å². The van der Waals surface area contributed by atoms with E-state index in [0.717, 1.165) is 11.1 Å². The molecule has 3 aliphatic rings. The number of aliphatic hydroxyl groups excluding tert-OH is 2. The van der Waals surface area contributed by atoms with Gasteiger partial charge in [0.25, 0.3) is 5.91 Å². The summed E-state index contributed by atoms with van der Waals surface area (Å²) in [4.78, 5) is 36.6. The molecule has 0 aromatic heterocycles. The van der Waals surface area contributed by atoms with Crippen molar-refractivity contribution >= 4 is 18.2 Å². The second kappa shape index (κ2) is 13.9. The van der Waals surface area contributed by atoms with Crippen LogP contribution in [-0.4, -0.2) is 81.9 Å². The second-order valence-electron chi connectivity index (χ2n) is 11.6. The van der Waals surface area contributed by atoms with Gasteiger partial charge in [0.1, 0.15) is 17.6 Å². The van der Waals surface area contributed by atoms with Gasteiger partial charge in [-0.05, 0) is 58.0 Å². The lowest BCUT2D eigenvalue weighted by atomic mass is 9.54. The highest BCUT2D eigenvalue weighted by Crippen LogP contribution is 2.61. The summed E-state index contributed by atoms with van der Waals surface area (Å²) in [5, 5.41) is 35.3. The molecule has 13 heteroatoms. The van der Waals surface area contributed by atoms with Gasteiger partial charge in [-0.2, -0.15) is 13.2 Å². The quantitative estimate of drug-likeness (QED) is 0.273. The predicted octanol–water partition coefficient (Wildman–Crippen LogP) is 3.39. The first-order valence-electron chi connectivity index (χ1n) is 14.4. The fourth-order valence-corrected chi connectivity index (χ4v) is 6.54. The molecule has 2 aromatic rings. The molecule has 1 aliphatic carbocycles. The van der Waals surface area contributed by atoms with Crippen molar-refractivity contribution in [3.05, 3.63) is 76.6 Å². The van der Waals surface area contributed by atoms with Crippen LogP contribution in [0.15, 0.2) is 54.3 Å². The number of aldehydes is 1. The molecular formula is C33H41F3N2O8. The van der Waals surface area contributed by atoms with Crippen molar-refractivity contribution in [2.45, 2.75) is 89.1 Å². The number of benzene rings is 2. The highest BCUT2D eigenvalue weighted by Gasteiger charge is 2.69. The summed E-state index contributed by atoms with van der Waals surface area (Å²) >= 11 is 0. The first-order valence-corrected chi connectivity index (χ1v) is 14.4. The van der Waals surface area contributed by atoms with Crippen molar-refractivity contribution in [2.75, 3.05) is 13.6 Å². The van der Waals surface area contributed by atoms with E-state index in [4.69, 9.17) is 14.3 Å². The number of hydrogen-bond acceptors (Lipinski definition) is 9. The van der Waals surface area contributed by atoms with E-state index >= 15 is 0 Å². The Morgan fingerprint density at radius 1 is 1.22 bits per heavy atom. The number of esters is 1. The first kappa shape index (κ1) is 36.7. The highest BCUT2D eigenvalue weighted by atomic mass is 19.4. The second-order valence-corrected chi connectivity index (χ2v) is 11.6. The molecule has 10 nitrogen and oxygen atoms in total. The third-order valence-electron chi connectivity index (χ3n) is 9.03. The molecule has 0 bridgehead atoms. The molecule has 0 unspecified atom stereocenters. The topological polar surface area (TPSA) is 146 Å². The number of piperidine rings is 1. The molecule has 1 fully saturated rings. The number of fused-ring (bicyclic) bond motifs is 1. The summed E-state index contributed by atoms with van der Waals surface area (Å²) in [6.45, 7) is 5.90. The Morgan fingerprint density at radius 2 is 1.85 bits per heavy atom. The molecule has 2 aromatic carbocycles. The summed E-state index contributed by atoms with van der Waals surface area (Å²) in [6, 6.07) is 10.9. The molecule has 2 aliphatic heterocycles. The first-order chi connectivity index (χ1) is 21.1. The number of likely N-dealkylation sites (N-methyl/N-ethyl adjacent to an activating group) is 1. The number of amides is 1. The van der Waals surface area contributed by atoms with Gasteiger partial charge in [-0.1, -0.05) is 49.9 Å². The Bertz CT molecular complexity index is 1470. The fourth-order valence-electron chi connectivity index (χ4n) is 6.54. The van der Waals surface area contributed by atoms with E-state index in [1.807, 2.05) is 33.0 Å². The SMILES string of the molecule is C.Cc1ccc(CO)c2c1[C@]13CCN(C)[C@H](C)[C@]1(O)CC=C(OC(=O)[C@H](C)NC(=O)[C@@H](O)c1ccccc1)[C@@H]3O2.O=CC(F)(F)F. The van der Waals surface area contributed by atoms with Crippen LogP contribution in [0.5, 0.6) is 5.75 Å². The van der Waals surface area contributed by atoms with E-state index in [1.165, 1.54) is 6.92 Å². The molecule has 1 saturated heterocycles.